The van der Waals surface area contributed by atoms with E-state index in [1.54, 1.807) is 14.1 Å². The minimum Gasteiger partial charge on any atom is -0.358 e. The molecule has 0 fully saturated rings. The molecule has 0 aliphatic heterocycles. The molecule has 1 amide bonds. The van der Waals surface area contributed by atoms with Crippen molar-refractivity contribution in [2.45, 2.75) is 6.92 Å². The van der Waals surface area contributed by atoms with Crippen LogP contribution in [0.4, 0.5) is 11.6 Å². The number of carbonyl (C=O) groups is 1. The van der Waals surface area contributed by atoms with Crippen LogP contribution in [0, 0.1) is 10.1 Å². The van der Waals surface area contributed by atoms with Gasteiger partial charge in [-0.25, -0.2) is 0 Å². The number of rotatable bonds is 5. The number of hydrogen-bond donors (Lipinski definition) is 1. The Morgan fingerprint density at radius 3 is 2.88 bits per heavy atom. The first-order valence-electron chi connectivity index (χ1n) is 5.10. The van der Waals surface area contributed by atoms with Crippen LogP contribution in [-0.4, -0.2) is 45.4 Å². The van der Waals surface area contributed by atoms with E-state index in [1.165, 1.54) is 15.8 Å². The molecule has 0 aliphatic rings. The van der Waals surface area contributed by atoms with Crippen molar-refractivity contribution in [3.63, 3.8) is 0 Å². The molecule has 0 radical (unpaired) electrons. The number of carbonyl (C=O) groups excluding carboxylic acids is 1. The number of nitrogens with one attached hydrogen (secondary N) is 1. The van der Waals surface area contributed by atoms with Gasteiger partial charge >= 0.3 is 5.82 Å². The van der Waals surface area contributed by atoms with Crippen LogP contribution in [0.25, 0.3) is 0 Å². The Labute approximate surface area is 98.4 Å². The molecule has 94 valence electrons. The van der Waals surface area contributed by atoms with E-state index in [1.807, 2.05) is 6.92 Å². The number of nitrogens with zero attached hydrogens (tertiary/aromatic N) is 4. The van der Waals surface area contributed by atoms with Crippen LogP contribution < -0.4 is 5.32 Å². The molecule has 0 unspecified atom stereocenters. The van der Waals surface area contributed by atoms with Crippen LogP contribution in [0.15, 0.2) is 6.33 Å². The largest absolute Gasteiger partial charge is 0.406 e. The van der Waals surface area contributed by atoms with Crippen molar-refractivity contribution in [1.82, 2.24) is 14.5 Å². The van der Waals surface area contributed by atoms with E-state index < -0.39 is 4.92 Å². The number of amides is 1. The number of anilines is 1. The van der Waals surface area contributed by atoms with Crippen LogP contribution in [0.1, 0.15) is 6.92 Å². The fourth-order valence-corrected chi connectivity index (χ4v) is 1.23. The molecule has 0 saturated carbocycles. The minimum atomic E-state index is -0.587. The standard InChI is InChI=1S/C9H15N5O3/c1-4-12(2)7(15)5-10-8-9(14(16)17)11-6-13(8)3/h6,10H,4-5H2,1-3H3. The Kier molecular flexibility index (Phi) is 4.02. The summed E-state index contributed by atoms with van der Waals surface area (Å²) in [6, 6.07) is 0. The molecule has 0 atom stereocenters. The summed E-state index contributed by atoms with van der Waals surface area (Å²) in [7, 11) is 3.29. The summed E-state index contributed by atoms with van der Waals surface area (Å²) in [6.07, 6.45) is 1.33. The first kappa shape index (κ1) is 12.9. The third-order valence-corrected chi connectivity index (χ3v) is 2.40. The van der Waals surface area contributed by atoms with E-state index in [0.29, 0.717) is 6.54 Å². The highest BCUT2D eigenvalue weighted by molar-refractivity contribution is 5.80. The monoisotopic (exact) mass is 241 g/mol. The summed E-state index contributed by atoms with van der Waals surface area (Å²) in [5.74, 6) is -0.185. The molecule has 17 heavy (non-hydrogen) atoms. The smallest absolute Gasteiger partial charge is 0.358 e. The van der Waals surface area contributed by atoms with Crippen molar-refractivity contribution < 1.29 is 9.72 Å². The zero-order chi connectivity index (χ0) is 13.0. The Morgan fingerprint density at radius 1 is 1.71 bits per heavy atom. The zero-order valence-electron chi connectivity index (χ0n) is 10.0. The van der Waals surface area contributed by atoms with Gasteiger partial charge in [0.05, 0.1) is 6.54 Å². The van der Waals surface area contributed by atoms with Crippen molar-refractivity contribution in [2.24, 2.45) is 7.05 Å². The lowest BCUT2D eigenvalue weighted by Gasteiger charge is -2.14. The molecule has 0 bridgehead atoms. The van der Waals surface area contributed by atoms with Gasteiger partial charge in [0.25, 0.3) is 0 Å². The molecular formula is C9H15N5O3. The number of aryl methyl sites for hydroxylation is 1. The second-order valence-electron chi connectivity index (χ2n) is 3.55. The minimum absolute atomic E-state index is 0.00468. The topological polar surface area (TPSA) is 93.3 Å². The normalized spacial score (nSPS) is 10.1. The molecule has 1 heterocycles. The third kappa shape index (κ3) is 2.92. The van der Waals surface area contributed by atoms with Crippen molar-refractivity contribution in [3.8, 4) is 0 Å². The van der Waals surface area contributed by atoms with Crippen LogP contribution in [-0.2, 0) is 11.8 Å². The van der Waals surface area contributed by atoms with Crippen molar-refractivity contribution in [1.29, 1.82) is 0 Å². The highest BCUT2D eigenvalue weighted by atomic mass is 16.6. The predicted molar refractivity (Wildman–Crippen MR) is 61.7 cm³/mol. The second-order valence-corrected chi connectivity index (χ2v) is 3.55. The summed E-state index contributed by atoms with van der Waals surface area (Å²) in [5, 5.41) is 13.4. The average molecular weight is 241 g/mol. The fraction of sp³-hybridized carbons (Fsp3) is 0.556. The van der Waals surface area contributed by atoms with Crippen LogP contribution >= 0.6 is 0 Å². The predicted octanol–water partition coefficient (Wildman–Crippen LogP) is 0.218. The van der Waals surface area contributed by atoms with Gasteiger partial charge < -0.3 is 20.3 Å². The number of likely N-dealkylation sites (N-methyl/N-ethyl adjacent to an activating group) is 1. The molecule has 1 rings (SSSR count). The summed E-state index contributed by atoms with van der Waals surface area (Å²) < 4.78 is 1.47. The first-order valence-corrected chi connectivity index (χ1v) is 5.10. The number of nitro groups is 1. The number of aromatic nitrogens is 2. The van der Waals surface area contributed by atoms with Crippen molar-refractivity contribution >= 4 is 17.5 Å². The van der Waals surface area contributed by atoms with Crippen molar-refractivity contribution in [2.75, 3.05) is 25.5 Å². The van der Waals surface area contributed by atoms with Gasteiger partial charge in [-0.05, 0) is 16.8 Å². The van der Waals surface area contributed by atoms with Gasteiger partial charge in [0, 0.05) is 20.6 Å². The number of hydrogen-bond acceptors (Lipinski definition) is 5. The van der Waals surface area contributed by atoms with E-state index in [0.717, 1.165) is 0 Å². The molecule has 0 saturated heterocycles. The lowest BCUT2D eigenvalue weighted by molar-refractivity contribution is -0.388. The zero-order valence-corrected chi connectivity index (χ0v) is 10.0. The number of imidazole rings is 1. The van der Waals surface area contributed by atoms with Gasteiger partial charge in [-0.1, -0.05) is 0 Å². The maximum Gasteiger partial charge on any atom is 0.406 e. The molecule has 1 aromatic rings. The van der Waals surface area contributed by atoms with E-state index in [2.05, 4.69) is 10.3 Å². The molecule has 0 spiro atoms. The Bertz CT molecular complexity index is 428. The van der Waals surface area contributed by atoms with Crippen LogP contribution in [0.3, 0.4) is 0 Å². The molecular weight excluding hydrogens is 226 g/mol. The van der Waals surface area contributed by atoms with Crippen LogP contribution in [0.2, 0.25) is 0 Å². The Hall–Kier alpha value is -2.12. The summed E-state index contributed by atoms with van der Waals surface area (Å²) in [4.78, 5) is 26.8. The highest BCUT2D eigenvalue weighted by Gasteiger charge is 2.20. The third-order valence-electron chi connectivity index (χ3n) is 2.40. The quantitative estimate of drug-likeness (QED) is 0.588. The van der Waals surface area contributed by atoms with Crippen molar-refractivity contribution in [3.05, 3.63) is 16.4 Å². The van der Waals surface area contributed by atoms with E-state index in [9.17, 15) is 14.9 Å². The SMILES string of the molecule is CCN(C)C(=O)CNc1c([N+](=O)[O-])ncn1C. The first-order chi connectivity index (χ1) is 7.97. The van der Waals surface area contributed by atoms with Gasteiger partial charge in [-0.2, -0.15) is 0 Å². The maximum absolute atomic E-state index is 11.5. The van der Waals surface area contributed by atoms with Gasteiger partial charge in [0.15, 0.2) is 0 Å². The Balaban J connectivity index is 2.72. The fourth-order valence-electron chi connectivity index (χ4n) is 1.23. The molecule has 0 aromatic carbocycles. The molecule has 0 aliphatic carbocycles. The summed E-state index contributed by atoms with van der Waals surface area (Å²) in [5.41, 5.74) is 0. The lowest BCUT2D eigenvalue weighted by Crippen LogP contribution is -2.32. The second kappa shape index (κ2) is 5.28. The lowest BCUT2D eigenvalue weighted by atomic mass is 10.5. The van der Waals surface area contributed by atoms with E-state index in [-0.39, 0.29) is 24.1 Å². The van der Waals surface area contributed by atoms with Gasteiger partial charge in [0.2, 0.25) is 18.1 Å². The van der Waals surface area contributed by atoms with Gasteiger partial charge in [-0.15, -0.1) is 0 Å². The van der Waals surface area contributed by atoms with Gasteiger partial charge in [0.1, 0.15) is 0 Å². The van der Waals surface area contributed by atoms with Gasteiger partial charge in [-0.3, -0.25) is 9.36 Å². The average Bonchev–Trinajstić information content (AvgIpc) is 2.66. The highest BCUT2D eigenvalue weighted by Crippen LogP contribution is 2.20. The summed E-state index contributed by atoms with van der Waals surface area (Å²) in [6.45, 7) is 2.45. The molecule has 1 aromatic heterocycles. The Morgan fingerprint density at radius 2 is 2.35 bits per heavy atom. The molecule has 1 N–H and O–H groups in total. The van der Waals surface area contributed by atoms with Crippen LogP contribution in [0.5, 0.6) is 0 Å². The summed E-state index contributed by atoms with van der Waals surface area (Å²) >= 11 is 0. The molecule has 8 heteroatoms. The molecule has 8 nitrogen and oxygen atoms in total. The van der Waals surface area contributed by atoms with E-state index >= 15 is 0 Å². The maximum atomic E-state index is 11.5. The van der Waals surface area contributed by atoms with E-state index in [4.69, 9.17) is 0 Å².